The van der Waals surface area contributed by atoms with Crippen LogP contribution in [0, 0.1) is 11.6 Å². The van der Waals surface area contributed by atoms with E-state index in [0.29, 0.717) is 18.1 Å². The number of hydrogen-bond acceptors (Lipinski definition) is 1. The smallest absolute Gasteiger partial charge is 0.253 e. The highest BCUT2D eigenvalue weighted by molar-refractivity contribution is 6.30. The van der Waals surface area contributed by atoms with Gasteiger partial charge in [-0.3, -0.25) is 4.79 Å². The van der Waals surface area contributed by atoms with Crippen molar-refractivity contribution in [3.63, 3.8) is 0 Å². The van der Waals surface area contributed by atoms with Gasteiger partial charge in [0.1, 0.15) is 0 Å². The van der Waals surface area contributed by atoms with Crippen molar-refractivity contribution in [3.05, 3.63) is 70.2 Å². The van der Waals surface area contributed by atoms with Crippen molar-refractivity contribution in [2.45, 2.75) is 25.2 Å². The second kappa shape index (κ2) is 7.31. The van der Waals surface area contributed by atoms with Crippen molar-refractivity contribution in [2.24, 2.45) is 0 Å². The van der Waals surface area contributed by atoms with Gasteiger partial charge in [0.25, 0.3) is 5.91 Å². The predicted molar refractivity (Wildman–Crippen MR) is 90.3 cm³/mol. The molecule has 24 heavy (non-hydrogen) atoms. The lowest BCUT2D eigenvalue weighted by molar-refractivity contribution is 0.0754. The van der Waals surface area contributed by atoms with E-state index in [2.05, 4.69) is 0 Å². The number of likely N-dealkylation sites (tertiary alicyclic amines) is 1. The van der Waals surface area contributed by atoms with E-state index in [9.17, 15) is 13.6 Å². The molecule has 0 saturated carbocycles. The van der Waals surface area contributed by atoms with E-state index >= 15 is 0 Å². The van der Waals surface area contributed by atoms with Crippen LogP contribution in [0.5, 0.6) is 0 Å². The van der Waals surface area contributed by atoms with Crippen molar-refractivity contribution in [1.29, 1.82) is 0 Å². The minimum atomic E-state index is -0.995. The van der Waals surface area contributed by atoms with E-state index < -0.39 is 11.6 Å². The highest BCUT2D eigenvalue weighted by Crippen LogP contribution is 2.28. The first-order valence-electron chi connectivity index (χ1n) is 8.04. The number of benzene rings is 2. The van der Waals surface area contributed by atoms with E-state index in [1.54, 1.807) is 4.90 Å². The number of amides is 1. The molecule has 0 unspecified atom stereocenters. The van der Waals surface area contributed by atoms with E-state index in [-0.39, 0.29) is 17.4 Å². The Balaban J connectivity index is 1.80. The van der Waals surface area contributed by atoms with Gasteiger partial charge in [-0.05, 0) is 48.7 Å². The topological polar surface area (TPSA) is 20.3 Å². The van der Waals surface area contributed by atoms with Crippen LogP contribution in [0.15, 0.2) is 42.5 Å². The fourth-order valence-electron chi connectivity index (χ4n) is 3.15. The monoisotopic (exact) mass is 349 g/mol. The third-order valence-electron chi connectivity index (χ3n) is 4.47. The van der Waals surface area contributed by atoms with Crippen LogP contribution in [0.25, 0.3) is 0 Å². The summed E-state index contributed by atoms with van der Waals surface area (Å²) in [6.45, 7) is 1.20. The Labute approximate surface area is 145 Å². The molecule has 2 aromatic rings. The summed E-state index contributed by atoms with van der Waals surface area (Å²) in [5.41, 5.74) is 1.33. The minimum absolute atomic E-state index is 0.186. The molecule has 3 rings (SSSR count). The fraction of sp³-hybridized carbons (Fsp3) is 0.316. The second-order valence-electron chi connectivity index (χ2n) is 6.12. The van der Waals surface area contributed by atoms with Gasteiger partial charge < -0.3 is 4.90 Å². The first kappa shape index (κ1) is 16.9. The summed E-state index contributed by atoms with van der Waals surface area (Å²) >= 11 is 5.94. The molecule has 2 aromatic carbocycles. The van der Waals surface area contributed by atoms with Gasteiger partial charge in [-0.15, -0.1) is 0 Å². The Morgan fingerprint density at radius 1 is 1.04 bits per heavy atom. The van der Waals surface area contributed by atoms with Gasteiger partial charge >= 0.3 is 0 Å². The lowest BCUT2D eigenvalue weighted by Gasteiger charge is -2.25. The van der Waals surface area contributed by atoms with E-state index in [4.69, 9.17) is 11.6 Å². The van der Waals surface area contributed by atoms with Crippen molar-refractivity contribution in [2.75, 3.05) is 13.1 Å². The van der Waals surface area contributed by atoms with Crippen molar-refractivity contribution in [3.8, 4) is 0 Å². The fourth-order valence-corrected chi connectivity index (χ4v) is 3.27. The van der Waals surface area contributed by atoms with Gasteiger partial charge in [0.2, 0.25) is 0 Å². The molecule has 5 heteroatoms. The molecule has 1 saturated heterocycles. The summed E-state index contributed by atoms with van der Waals surface area (Å²) < 4.78 is 26.5. The first-order valence-corrected chi connectivity index (χ1v) is 8.42. The highest BCUT2D eigenvalue weighted by Gasteiger charge is 2.24. The lowest BCUT2D eigenvalue weighted by Crippen LogP contribution is -2.34. The molecule has 126 valence electrons. The predicted octanol–water partition coefficient (Wildman–Crippen LogP) is 5.03. The zero-order valence-electron chi connectivity index (χ0n) is 13.1. The molecule has 0 aromatic heterocycles. The van der Waals surface area contributed by atoms with Crippen LogP contribution in [0.2, 0.25) is 5.02 Å². The molecule has 1 heterocycles. The van der Waals surface area contributed by atoms with E-state index in [1.165, 1.54) is 6.07 Å². The lowest BCUT2D eigenvalue weighted by atomic mass is 9.94. The van der Waals surface area contributed by atoms with Crippen LogP contribution in [0.1, 0.15) is 41.1 Å². The summed E-state index contributed by atoms with van der Waals surface area (Å²) in [6.07, 6.45) is 2.91. The van der Waals surface area contributed by atoms with Gasteiger partial charge in [0, 0.05) is 29.6 Å². The van der Waals surface area contributed by atoms with Gasteiger partial charge in [-0.2, -0.15) is 0 Å². The van der Waals surface area contributed by atoms with E-state index in [0.717, 1.165) is 37.0 Å². The van der Waals surface area contributed by atoms with Crippen LogP contribution in [-0.4, -0.2) is 23.9 Å². The second-order valence-corrected chi connectivity index (χ2v) is 6.56. The number of rotatable bonds is 2. The normalized spacial score (nSPS) is 18.3. The first-order chi connectivity index (χ1) is 11.5. The molecule has 0 aliphatic carbocycles. The van der Waals surface area contributed by atoms with E-state index in [1.807, 2.05) is 24.3 Å². The van der Waals surface area contributed by atoms with Crippen molar-refractivity contribution in [1.82, 2.24) is 4.90 Å². The Bertz CT molecular complexity index is 733. The average Bonchev–Trinajstić information content (AvgIpc) is 2.83. The Morgan fingerprint density at radius 2 is 1.79 bits per heavy atom. The molecule has 1 amide bonds. The van der Waals surface area contributed by atoms with Crippen molar-refractivity contribution >= 4 is 17.5 Å². The van der Waals surface area contributed by atoms with Crippen molar-refractivity contribution < 1.29 is 13.6 Å². The van der Waals surface area contributed by atoms with Gasteiger partial charge in [0.05, 0.1) is 0 Å². The number of hydrogen-bond donors (Lipinski definition) is 0. The standard InChI is InChI=1S/C19H18ClF2NO/c20-16-7-4-13(5-8-16)15-3-1-2-10-23(12-15)19(24)14-6-9-17(21)18(22)11-14/h4-9,11,15H,1-3,10,12H2/t15-/m0/s1. The summed E-state index contributed by atoms with van der Waals surface area (Å²) in [5, 5.41) is 0.682. The maximum absolute atomic E-state index is 13.4. The summed E-state index contributed by atoms with van der Waals surface area (Å²) in [5.74, 6) is -1.97. The molecular formula is C19H18ClF2NO. The molecule has 1 aliphatic heterocycles. The maximum Gasteiger partial charge on any atom is 0.253 e. The third-order valence-corrected chi connectivity index (χ3v) is 4.72. The van der Waals surface area contributed by atoms with Gasteiger partial charge in [-0.1, -0.05) is 30.2 Å². The molecule has 1 aliphatic rings. The molecule has 0 spiro atoms. The van der Waals surface area contributed by atoms with Crippen LogP contribution < -0.4 is 0 Å². The summed E-state index contributed by atoms with van der Waals surface area (Å²) in [6, 6.07) is 11.0. The zero-order chi connectivity index (χ0) is 17.1. The number of carbonyl (C=O) groups excluding carboxylic acids is 1. The molecule has 1 atom stereocenters. The molecule has 1 fully saturated rings. The number of carbonyl (C=O) groups is 1. The minimum Gasteiger partial charge on any atom is -0.338 e. The zero-order valence-corrected chi connectivity index (χ0v) is 13.9. The highest BCUT2D eigenvalue weighted by atomic mass is 35.5. The van der Waals surface area contributed by atoms with Gasteiger partial charge in [0.15, 0.2) is 11.6 Å². The number of nitrogens with zero attached hydrogens (tertiary/aromatic N) is 1. The summed E-state index contributed by atoms with van der Waals surface area (Å²) in [7, 11) is 0. The molecular weight excluding hydrogens is 332 g/mol. The molecule has 0 N–H and O–H groups in total. The number of halogens is 3. The maximum atomic E-state index is 13.4. The van der Waals surface area contributed by atoms with Crippen LogP contribution in [0.4, 0.5) is 8.78 Å². The Morgan fingerprint density at radius 3 is 2.50 bits per heavy atom. The molecule has 2 nitrogen and oxygen atoms in total. The SMILES string of the molecule is O=C(c1ccc(F)c(F)c1)N1CCCC[C@H](c2ccc(Cl)cc2)C1. The largest absolute Gasteiger partial charge is 0.338 e. The van der Waals surface area contributed by atoms with Crippen LogP contribution >= 0.6 is 11.6 Å². The Hall–Kier alpha value is -1.94. The van der Waals surface area contributed by atoms with Gasteiger partial charge in [-0.25, -0.2) is 8.78 Å². The third kappa shape index (κ3) is 3.75. The molecule has 0 radical (unpaired) electrons. The van der Waals surface area contributed by atoms with Crippen LogP contribution in [-0.2, 0) is 0 Å². The quantitative estimate of drug-likeness (QED) is 0.744. The average molecular weight is 350 g/mol. The molecule has 0 bridgehead atoms. The van der Waals surface area contributed by atoms with Crippen LogP contribution in [0.3, 0.4) is 0 Å². The summed E-state index contributed by atoms with van der Waals surface area (Å²) in [4.78, 5) is 14.4. The Kier molecular flexibility index (Phi) is 5.14.